The number of ether oxygens (including phenoxy) is 2. The average Bonchev–Trinajstić information content (AvgIpc) is 3.11. The maximum absolute atomic E-state index is 15.3. The molecule has 2 atom stereocenters. The number of hydrogen-bond acceptors (Lipinski definition) is 6. The zero-order chi connectivity index (χ0) is 23.4. The van der Waals surface area contributed by atoms with Crippen molar-refractivity contribution in [1.82, 2.24) is 9.72 Å². The van der Waals surface area contributed by atoms with Crippen molar-refractivity contribution >= 4 is 23.3 Å². The van der Waals surface area contributed by atoms with Crippen LogP contribution in [0.25, 0.3) is 5.52 Å². The van der Waals surface area contributed by atoms with Gasteiger partial charge in [-0.15, -0.1) is 0 Å². The molecule has 9 nitrogen and oxygen atoms in total. The summed E-state index contributed by atoms with van der Waals surface area (Å²) >= 11 is 0. The van der Waals surface area contributed by atoms with Crippen molar-refractivity contribution in [3.8, 4) is 5.75 Å². The number of pyridine rings is 2. The first-order valence-electron chi connectivity index (χ1n) is 10.5. The van der Waals surface area contributed by atoms with Crippen LogP contribution in [0.5, 0.6) is 5.75 Å². The molecule has 2 N–H and O–H groups in total. The fourth-order valence-corrected chi connectivity index (χ4v) is 4.23. The third kappa shape index (κ3) is 3.85. The number of halogens is 1. The Hall–Kier alpha value is -3.30. The van der Waals surface area contributed by atoms with Crippen LogP contribution < -0.4 is 20.5 Å². The van der Waals surface area contributed by atoms with Crippen LogP contribution in [-0.2, 0) is 4.74 Å². The molecule has 0 aromatic carbocycles. The van der Waals surface area contributed by atoms with E-state index in [1.165, 1.54) is 6.07 Å². The number of aromatic carboxylic acids is 1. The number of aromatic nitrogens is 1. The number of amides is 1. The van der Waals surface area contributed by atoms with E-state index in [1.54, 1.807) is 25.7 Å². The van der Waals surface area contributed by atoms with E-state index in [9.17, 15) is 19.5 Å². The first kappa shape index (κ1) is 21.9. The topological polar surface area (TPSA) is 110 Å². The zero-order valence-corrected chi connectivity index (χ0v) is 18.4. The third-order valence-corrected chi connectivity index (χ3v) is 5.63. The zero-order valence-electron chi connectivity index (χ0n) is 18.4. The van der Waals surface area contributed by atoms with E-state index in [0.29, 0.717) is 30.6 Å². The van der Waals surface area contributed by atoms with Gasteiger partial charge in [-0.2, -0.15) is 0 Å². The number of nitrogens with one attached hydrogen (secondary N) is 1. The summed E-state index contributed by atoms with van der Waals surface area (Å²) in [5.74, 6) is -2.02. The Bertz CT molecular complexity index is 1170. The summed E-state index contributed by atoms with van der Waals surface area (Å²) in [6.07, 6.45) is 1.06. The van der Waals surface area contributed by atoms with Crippen molar-refractivity contribution in [2.24, 2.45) is 0 Å². The lowest BCUT2D eigenvalue weighted by atomic mass is 9.96. The normalized spacial score (nSPS) is 20.2. The Balaban J connectivity index is 1.72. The summed E-state index contributed by atoms with van der Waals surface area (Å²) in [4.78, 5) is 38.1. The average molecular weight is 447 g/mol. The molecule has 0 aliphatic carbocycles. The molecule has 1 fully saturated rings. The fourth-order valence-electron chi connectivity index (χ4n) is 4.23. The van der Waals surface area contributed by atoms with Gasteiger partial charge in [0.15, 0.2) is 11.6 Å². The smallest absolute Gasteiger partial charge is 0.407 e. The number of carbonyl (C=O) groups excluding carboxylic acids is 1. The molecule has 2 aliphatic rings. The molecule has 1 unspecified atom stereocenters. The monoisotopic (exact) mass is 447 g/mol. The molecule has 10 heteroatoms. The maximum atomic E-state index is 15.3. The van der Waals surface area contributed by atoms with Crippen molar-refractivity contribution in [3.05, 3.63) is 39.6 Å². The van der Waals surface area contributed by atoms with Gasteiger partial charge in [-0.3, -0.25) is 9.20 Å². The molecular formula is C22H26FN3O6. The summed E-state index contributed by atoms with van der Waals surface area (Å²) in [6, 6.07) is 1.11. The van der Waals surface area contributed by atoms with Gasteiger partial charge in [0.05, 0.1) is 24.4 Å². The molecule has 32 heavy (non-hydrogen) atoms. The Morgan fingerprint density at radius 3 is 2.72 bits per heavy atom. The van der Waals surface area contributed by atoms with E-state index in [0.717, 1.165) is 10.6 Å². The highest BCUT2D eigenvalue weighted by atomic mass is 19.1. The molecule has 172 valence electrons. The Morgan fingerprint density at radius 2 is 2.06 bits per heavy atom. The first-order valence-corrected chi connectivity index (χ1v) is 10.5. The molecular weight excluding hydrogens is 421 g/mol. The van der Waals surface area contributed by atoms with Crippen molar-refractivity contribution < 1.29 is 28.6 Å². The minimum absolute atomic E-state index is 0.172. The Kier molecular flexibility index (Phi) is 5.26. The number of hydrogen-bond donors (Lipinski definition) is 2. The minimum atomic E-state index is -1.36. The predicted octanol–water partition coefficient (Wildman–Crippen LogP) is 2.74. The van der Waals surface area contributed by atoms with Gasteiger partial charge in [0.1, 0.15) is 16.9 Å². The van der Waals surface area contributed by atoms with Crippen molar-refractivity contribution in [1.29, 1.82) is 0 Å². The molecule has 4 rings (SSSR count). The minimum Gasteiger partial charge on any atom is -0.488 e. The summed E-state index contributed by atoms with van der Waals surface area (Å²) in [7, 11) is 0. The second-order valence-corrected chi connectivity index (χ2v) is 9.29. The van der Waals surface area contributed by atoms with E-state index in [2.05, 4.69) is 5.32 Å². The maximum Gasteiger partial charge on any atom is 0.407 e. The standard InChI is InChI=1S/C22H26FN3O6/c1-11-10-31-18-16-13(11)7-14(20(28)29)19(27)26(16)9-15(23)17(18)25-6-5-12(8-25)24-21(30)32-22(2,3)4/h7,9,11-12H,5-6,8,10H2,1-4H3,(H,24,30)(H,28,29)/t11-,12?/m0/s1. The van der Waals surface area contributed by atoms with Crippen molar-refractivity contribution in [2.45, 2.75) is 51.7 Å². The van der Waals surface area contributed by atoms with Gasteiger partial charge in [-0.1, -0.05) is 6.92 Å². The molecule has 2 aromatic heterocycles. The Morgan fingerprint density at radius 1 is 1.34 bits per heavy atom. The van der Waals surface area contributed by atoms with Crippen LogP contribution >= 0.6 is 0 Å². The van der Waals surface area contributed by atoms with Crippen LogP contribution in [0.4, 0.5) is 14.9 Å². The van der Waals surface area contributed by atoms with Gasteiger partial charge in [-0.25, -0.2) is 14.0 Å². The number of anilines is 1. The largest absolute Gasteiger partial charge is 0.488 e. The number of carboxylic acid groups (broad SMARTS) is 1. The van der Waals surface area contributed by atoms with Gasteiger partial charge in [0.2, 0.25) is 0 Å². The van der Waals surface area contributed by atoms with E-state index < -0.39 is 34.6 Å². The molecule has 0 spiro atoms. The molecule has 0 bridgehead atoms. The lowest BCUT2D eigenvalue weighted by Gasteiger charge is -2.30. The highest BCUT2D eigenvalue weighted by molar-refractivity contribution is 5.90. The van der Waals surface area contributed by atoms with Crippen LogP contribution in [0.1, 0.15) is 56.0 Å². The van der Waals surface area contributed by atoms with E-state index in [4.69, 9.17) is 9.47 Å². The molecule has 2 aliphatic heterocycles. The first-order chi connectivity index (χ1) is 15.0. The lowest BCUT2D eigenvalue weighted by Crippen LogP contribution is -2.40. The third-order valence-electron chi connectivity index (χ3n) is 5.63. The van der Waals surface area contributed by atoms with Gasteiger partial charge in [-0.05, 0) is 38.8 Å². The molecule has 1 saturated heterocycles. The number of rotatable bonds is 3. The van der Waals surface area contributed by atoms with Crippen LogP contribution in [0, 0.1) is 5.82 Å². The van der Waals surface area contributed by atoms with Crippen molar-refractivity contribution in [3.63, 3.8) is 0 Å². The van der Waals surface area contributed by atoms with Crippen LogP contribution in [0.15, 0.2) is 17.1 Å². The van der Waals surface area contributed by atoms with Gasteiger partial charge < -0.3 is 24.8 Å². The number of carbonyl (C=O) groups is 2. The SMILES string of the molecule is C[C@H]1COc2c(N3CCC(NC(=O)OC(C)(C)C)C3)c(F)cn3c(=O)c(C(=O)O)cc1c23. The summed E-state index contributed by atoms with van der Waals surface area (Å²) in [5.41, 5.74) is -0.654. The molecule has 0 saturated carbocycles. The Labute approximate surface area is 183 Å². The van der Waals surface area contributed by atoms with E-state index in [1.807, 2.05) is 6.92 Å². The quantitative estimate of drug-likeness (QED) is 0.745. The fraction of sp³-hybridized carbons (Fsp3) is 0.500. The van der Waals surface area contributed by atoms with Crippen LogP contribution in [-0.4, -0.2) is 52.9 Å². The summed E-state index contributed by atoms with van der Waals surface area (Å²) < 4.78 is 27.4. The van der Waals surface area contributed by atoms with Crippen LogP contribution in [0.3, 0.4) is 0 Å². The highest BCUT2D eigenvalue weighted by Gasteiger charge is 2.34. The second kappa shape index (κ2) is 7.68. The number of alkyl carbamates (subject to hydrolysis) is 1. The van der Waals surface area contributed by atoms with Gasteiger partial charge in [0.25, 0.3) is 5.56 Å². The molecule has 0 radical (unpaired) electrons. The molecule has 1 amide bonds. The van der Waals surface area contributed by atoms with E-state index >= 15 is 4.39 Å². The summed E-state index contributed by atoms with van der Waals surface area (Å²) in [5, 5.41) is 12.2. The number of carboxylic acids is 1. The predicted molar refractivity (Wildman–Crippen MR) is 114 cm³/mol. The molecule has 2 aromatic rings. The highest BCUT2D eigenvalue weighted by Crippen LogP contribution is 2.43. The molecule has 4 heterocycles. The van der Waals surface area contributed by atoms with E-state index in [-0.39, 0.29) is 30.0 Å². The lowest BCUT2D eigenvalue weighted by molar-refractivity contribution is 0.0508. The number of nitrogens with zero attached hydrogens (tertiary/aromatic N) is 2. The summed E-state index contributed by atoms with van der Waals surface area (Å²) in [6.45, 7) is 8.21. The van der Waals surface area contributed by atoms with Gasteiger partial charge in [0, 0.05) is 19.0 Å². The van der Waals surface area contributed by atoms with Crippen molar-refractivity contribution in [2.75, 3.05) is 24.6 Å². The van der Waals surface area contributed by atoms with Gasteiger partial charge >= 0.3 is 12.1 Å². The van der Waals surface area contributed by atoms with Crippen LogP contribution in [0.2, 0.25) is 0 Å². The second-order valence-electron chi connectivity index (χ2n) is 9.29.